The molecule has 2 aromatic rings. The summed E-state index contributed by atoms with van der Waals surface area (Å²) in [7, 11) is 3.48. The molecule has 4 nitrogen and oxygen atoms in total. The summed E-state index contributed by atoms with van der Waals surface area (Å²) >= 11 is 0. The van der Waals surface area contributed by atoms with Crippen LogP contribution in [0.15, 0.2) is 18.5 Å². The van der Waals surface area contributed by atoms with Crippen molar-refractivity contribution in [3.63, 3.8) is 0 Å². The first-order valence-electron chi connectivity index (χ1n) is 5.66. The number of nitriles is 1. The first-order valence-corrected chi connectivity index (χ1v) is 5.66. The van der Waals surface area contributed by atoms with Crippen LogP contribution in [-0.2, 0) is 7.05 Å². The number of imidazole rings is 1. The second kappa shape index (κ2) is 4.53. The molecule has 0 N–H and O–H groups in total. The maximum absolute atomic E-state index is 9.17. The highest BCUT2D eigenvalue weighted by Gasteiger charge is 2.15. The summed E-state index contributed by atoms with van der Waals surface area (Å²) in [6.45, 7) is 4.02. The van der Waals surface area contributed by atoms with Gasteiger partial charge in [0, 0.05) is 12.6 Å². The lowest BCUT2D eigenvalue weighted by Crippen LogP contribution is -1.95. The number of hydrogen-bond donors (Lipinski definition) is 0. The highest BCUT2D eigenvalue weighted by molar-refractivity contribution is 5.71. The van der Waals surface area contributed by atoms with E-state index < -0.39 is 0 Å². The fourth-order valence-electron chi connectivity index (χ4n) is 2.03. The van der Waals surface area contributed by atoms with Crippen LogP contribution in [0.25, 0.3) is 11.3 Å². The van der Waals surface area contributed by atoms with Crippen molar-refractivity contribution in [1.29, 1.82) is 5.26 Å². The van der Waals surface area contributed by atoms with Crippen molar-refractivity contribution in [2.45, 2.75) is 13.8 Å². The highest BCUT2D eigenvalue weighted by Crippen LogP contribution is 2.31. The van der Waals surface area contributed by atoms with E-state index in [0.717, 1.165) is 28.1 Å². The van der Waals surface area contributed by atoms with E-state index in [0.29, 0.717) is 5.69 Å². The zero-order valence-corrected chi connectivity index (χ0v) is 11.0. The van der Waals surface area contributed by atoms with E-state index in [1.54, 1.807) is 18.0 Å². The van der Waals surface area contributed by atoms with E-state index in [1.807, 2.05) is 33.0 Å². The Balaban J connectivity index is 2.66. The third kappa shape index (κ3) is 1.74. The second-order valence-corrected chi connectivity index (χ2v) is 4.23. The smallest absolute Gasteiger partial charge is 0.147 e. The molecule has 0 aliphatic carbocycles. The Morgan fingerprint density at radius 1 is 1.28 bits per heavy atom. The van der Waals surface area contributed by atoms with Gasteiger partial charge in [0.1, 0.15) is 23.2 Å². The molecule has 4 heteroatoms. The monoisotopic (exact) mass is 241 g/mol. The van der Waals surface area contributed by atoms with Gasteiger partial charge in [0.15, 0.2) is 0 Å². The van der Waals surface area contributed by atoms with Crippen molar-refractivity contribution >= 4 is 0 Å². The van der Waals surface area contributed by atoms with E-state index in [9.17, 15) is 5.26 Å². The van der Waals surface area contributed by atoms with Crippen LogP contribution in [0, 0.1) is 25.2 Å². The molecule has 1 aromatic carbocycles. The molecule has 18 heavy (non-hydrogen) atoms. The molecule has 0 saturated heterocycles. The molecule has 0 saturated carbocycles. The molecule has 1 heterocycles. The molecule has 0 amide bonds. The molecule has 0 atom stereocenters. The Bertz CT molecular complexity index is 635. The Hall–Kier alpha value is -2.28. The van der Waals surface area contributed by atoms with Gasteiger partial charge in [-0.1, -0.05) is 0 Å². The number of aryl methyl sites for hydroxylation is 1. The highest BCUT2D eigenvalue weighted by atomic mass is 16.5. The normalized spacial score (nSPS) is 10.2. The number of benzene rings is 1. The molecule has 1 aromatic heterocycles. The quantitative estimate of drug-likeness (QED) is 0.812. The summed E-state index contributed by atoms with van der Waals surface area (Å²) in [5.41, 5.74) is 4.44. The molecule has 0 aliphatic heterocycles. The summed E-state index contributed by atoms with van der Waals surface area (Å²) in [5, 5.41) is 9.17. The van der Waals surface area contributed by atoms with Crippen LogP contribution in [0.2, 0.25) is 0 Å². The number of aromatic nitrogens is 2. The summed E-state index contributed by atoms with van der Waals surface area (Å²) in [5.74, 6) is 0.852. The van der Waals surface area contributed by atoms with Gasteiger partial charge in [-0.25, -0.2) is 4.98 Å². The van der Waals surface area contributed by atoms with E-state index in [-0.39, 0.29) is 0 Å². The van der Waals surface area contributed by atoms with E-state index in [2.05, 4.69) is 11.1 Å². The van der Waals surface area contributed by atoms with Gasteiger partial charge in [0.2, 0.25) is 0 Å². The van der Waals surface area contributed by atoms with Gasteiger partial charge < -0.3 is 9.30 Å². The van der Waals surface area contributed by atoms with Crippen molar-refractivity contribution in [2.75, 3.05) is 7.11 Å². The van der Waals surface area contributed by atoms with Gasteiger partial charge in [-0.05, 0) is 37.1 Å². The third-order valence-electron chi connectivity index (χ3n) is 3.26. The number of nitrogens with zero attached hydrogens (tertiary/aromatic N) is 3. The number of ether oxygens (including phenoxy) is 1. The molecule has 0 aliphatic rings. The minimum absolute atomic E-state index is 0.572. The van der Waals surface area contributed by atoms with Crippen LogP contribution in [0.1, 0.15) is 16.8 Å². The maximum atomic E-state index is 9.17. The van der Waals surface area contributed by atoms with Crippen molar-refractivity contribution in [2.24, 2.45) is 7.05 Å². The third-order valence-corrected chi connectivity index (χ3v) is 3.26. The predicted octanol–water partition coefficient (Wildman–Crippen LogP) is 2.58. The van der Waals surface area contributed by atoms with Crippen molar-refractivity contribution in [3.8, 4) is 23.1 Å². The standard InChI is InChI=1S/C14H15N3O/c1-9-10(2)13(18-4)6-5-11(9)14-12(7-15)17(3)8-16-14/h5-6,8H,1-4H3. The molecule has 2 rings (SSSR count). The average molecular weight is 241 g/mol. The predicted molar refractivity (Wildman–Crippen MR) is 69.4 cm³/mol. The Morgan fingerprint density at radius 2 is 2.00 bits per heavy atom. The van der Waals surface area contributed by atoms with Gasteiger partial charge in [-0.15, -0.1) is 0 Å². The topological polar surface area (TPSA) is 50.8 Å². The SMILES string of the molecule is COc1ccc(-c2ncn(C)c2C#N)c(C)c1C. The number of hydrogen-bond acceptors (Lipinski definition) is 3. The van der Waals surface area contributed by atoms with E-state index in [4.69, 9.17) is 4.74 Å². The molecular formula is C14H15N3O. The van der Waals surface area contributed by atoms with Gasteiger partial charge in [0.25, 0.3) is 0 Å². The van der Waals surface area contributed by atoms with Gasteiger partial charge in [-0.3, -0.25) is 0 Å². The van der Waals surface area contributed by atoms with Crippen molar-refractivity contribution in [3.05, 3.63) is 35.3 Å². The molecular weight excluding hydrogens is 226 g/mol. The van der Waals surface area contributed by atoms with Gasteiger partial charge in [0.05, 0.1) is 13.4 Å². The van der Waals surface area contributed by atoms with E-state index in [1.165, 1.54) is 0 Å². The van der Waals surface area contributed by atoms with Crippen LogP contribution >= 0.6 is 0 Å². The fraction of sp³-hybridized carbons (Fsp3) is 0.286. The van der Waals surface area contributed by atoms with Gasteiger partial charge in [-0.2, -0.15) is 5.26 Å². The van der Waals surface area contributed by atoms with Crippen LogP contribution < -0.4 is 4.74 Å². The summed E-state index contributed by atoms with van der Waals surface area (Å²) in [6.07, 6.45) is 1.66. The summed E-state index contributed by atoms with van der Waals surface area (Å²) < 4.78 is 7.02. The number of rotatable bonds is 2. The lowest BCUT2D eigenvalue weighted by Gasteiger charge is -2.11. The van der Waals surface area contributed by atoms with Crippen molar-refractivity contribution in [1.82, 2.24) is 9.55 Å². The zero-order valence-electron chi connectivity index (χ0n) is 11.0. The van der Waals surface area contributed by atoms with Crippen molar-refractivity contribution < 1.29 is 4.74 Å². The van der Waals surface area contributed by atoms with Crippen LogP contribution in [0.5, 0.6) is 5.75 Å². The molecule has 0 spiro atoms. The van der Waals surface area contributed by atoms with Crippen LogP contribution in [0.4, 0.5) is 0 Å². The number of methoxy groups -OCH3 is 1. The Kier molecular flexibility index (Phi) is 3.07. The zero-order chi connectivity index (χ0) is 13.3. The first kappa shape index (κ1) is 12.2. The van der Waals surface area contributed by atoms with Crippen LogP contribution in [-0.4, -0.2) is 16.7 Å². The minimum atomic E-state index is 0.572. The Morgan fingerprint density at radius 3 is 2.61 bits per heavy atom. The maximum Gasteiger partial charge on any atom is 0.147 e. The lowest BCUT2D eigenvalue weighted by atomic mass is 9.99. The van der Waals surface area contributed by atoms with Crippen LogP contribution in [0.3, 0.4) is 0 Å². The van der Waals surface area contributed by atoms with Gasteiger partial charge >= 0.3 is 0 Å². The molecule has 0 unspecified atom stereocenters. The molecule has 92 valence electrons. The molecule has 0 fully saturated rings. The molecule has 0 radical (unpaired) electrons. The molecule has 0 bridgehead atoms. The second-order valence-electron chi connectivity index (χ2n) is 4.23. The minimum Gasteiger partial charge on any atom is -0.496 e. The Labute approximate surface area is 106 Å². The summed E-state index contributed by atoms with van der Waals surface area (Å²) in [6, 6.07) is 6.05. The first-order chi connectivity index (χ1) is 8.60. The lowest BCUT2D eigenvalue weighted by molar-refractivity contribution is 0.411. The average Bonchev–Trinajstić information content (AvgIpc) is 2.73. The fourth-order valence-corrected chi connectivity index (χ4v) is 2.03. The summed E-state index contributed by atoms with van der Waals surface area (Å²) in [4.78, 5) is 4.31. The van der Waals surface area contributed by atoms with E-state index >= 15 is 0 Å². The largest absolute Gasteiger partial charge is 0.496 e.